The maximum atomic E-state index is 13.5. The highest BCUT2D eigenvalue weighted by Gasteiger charge is 2.31. The minimum Gasteiger partial charge on any atom is -0.378 e. The number of aromatic amines is 1. The number of carbonyl (C=O) groups is 6. The Balaban J connectivity index is 1.54. The fourth-order valence-corrected chi connectivity index (χ4v) is 5.61. The van der Waals surface area contributed by atoms with E-state index in [0.717, 1.165) is 12.2 Å². The Labute approximate surface area is 284 Å². The van der Waals surface area contributed by atoms with Crippen molar-refractivity contribution < 1.29 is 33.5 Å². The van der Waals surface area contributed by atoms with Crippen LogP contribution in [0.15, 0.2) is 48.9 Å². The Morgan fingerprint density at radius 2 is 1.82 bits per heavy atom. The Hall–Kier alpha value is -5.09. The summed E-state index contributed by atoms with van der Waals surface area (Å²) in [5.41, 5.74) is 7.39. The molecule has 8 N–H and O–H groups in total. The molecule has 3 atom stereocenters. The van der Waals surface area contributed by atoms with E-state index in [1.54, 1.807) is 30.5 Å². The van der Waals surface area contributed by atoms with Gasteiger partial charge in [0, 0.05) is 69.7 Å². The Bertz CT molecular complexity index is 1480. The van der Waals surface area contributed by atoms with Crippen LogP contribution in [0.1, 0.15) is 36.1 Å². The van der Waals surface area contributed by atoms with Crippen LogP contribution in [-0.4, -0.2) is 108 Å². The van der Waals surface area contributed by atoms with Crippen LogP contribution in [-0.2, 0) is 52.9 Å². The van der Waals surface area contributed by atoms with Crippen molar-refractivity contribution in [3.05, 3.63) is 65.8 Å². The number of carbonyl (C=O) groups excluding carboxylic acids is 6. The molecular weight excluding hydrogens is 634 g/mol. The van der Waals surface area contributed by atoms with E-state index in [-0.39, 0.29) is 58.0 Å². The largest absolute Gasteiger partial charge is 0.378 e. The van der Waals surface area contributed by atoms with Crippen molar-refractivity contribution in [1.82, 2.24) is 41.5 Å². The third-order valence-electron chi connectivity index (χ3n) is 8.21. The van der Waals surface area contributed by atoms with Gasteiger partial charge in [-0.2, -0.15) is 0 Å². The second-order valence-electron chi connectivity index (χ2n) is 11.9. The number of imidazole rings is 1. The summed E-state index contributed by atoms with van der Waals surface area (Å²) < 4.78 is 5.31. The second kappa shape index (κ2) is 19.0. The molecule has 2 aliphatic rings. The molecule has 1 aromatic heterocycles. The minimum absolute atomic E-state index is 0.0354. The molecule has 0 radical (unpaired) electrons. The lowest BCUT2D eigenvalue weighted by molar-refractivity contribution is -0.135. The first-order valence-electron chi connectivity index (χ1n) is 16.4. The van der Waals surface area contributed by atoms with Crippen molar-refractivity contribution in [2.75, 3.05) is 45.9 Å². The summed E-state index contributed by atoms with van der Waals surface area (Å²) in [6.07, 6.45) is 6.54. The number of nitrogens with zero attached hydrogens (tertiary/aromatic N) is 2. The number of ether oxygens (including phenoxy) is 1. The van der Waals surface area contributed by atoms with Crippen molar-refractivity contribution in [2.24, 2.45) is 11.7 Å². The van der Waals surface area contributed by atoms with E-state index in [9.17, 15) is 28.8 Å². The first kappa shape index (κ1) is 36.7. The topological polar surface area (TPSA) is 230 Å². The van der Waals surface area contributed by atoms with Gasteiger partial charge in [-0.3, -0.25) is 28.8 Å². The maximum Gasteiger partial charge on any atom is 0.246 e. The van der Waals surface area contributed by atoms with Crippen LogP contribution in [0.4, 0.5) is 0 Å². The minimum atomic E-state index is -0.977. The summed E-state index contributed by atoms with van der Waals surface area (Å²) in [7, 11) is 0. The first-order chi connectivity index (χ1) is 23.7. The molecule has 0 spiro atoms. The highest BCUT2D eigenvalue weighted by Crippen LogP contribution is 2.18. The van der Waals surface area contributed by atoms with E-state index in [1.165, 1.54) is 11.2 Å². The van der Waals surface area contributed by atoms with Crippen LogP contribution >= 0.6 is 0 Å². The third-order valence-corrected chi connectivity index (χ3v) is 8.21. The van der Waals surface area contributed by atoms with Gasteiger partial charge in [0.25, 0.3) is 0 Å². The number of amides is 6. The molecule has 6 amide bonds. The molecule has 16 heteroatoms. The summed E-state index contributed by atoms with van der Waals surface area (Å²) >= 11 is 0. The number of aromatic nitrogens is 2. The summed E-state index contributed by atoms with van der Waals surface area (Å²) in [4.78, 5) is 87.1. The molecule has 3 heterocycles. The van der Waals surface area contributed by atoms with Gasteiger partial charge in [-0.1, -0.05) is 24.3 Å². The number of nitrogens with one attached hydrogen (secondary N) is 6. The fourth-order valence-electron chi connectivity index (χ4n) is 5.61. The quantitative estimate of drug-likeness (QED) is 0.156. The van der Waals surface area contributed by atoms with Gasteiger partial charge in [0.05, 0.1) is 31.9 Å². The highest BCUT2D eigenvalue weighted by atomic mass is 16.5. The van der Waals surface area contributed by atoms with Crippen molar-refractivity contribution >= 4 is 35.4 Å². The van der Waals surface area contributed by atoms with Crippen LogP contribution in [0, 0.1) is 5.92 Å². The maximum absolute atomic E-state index is 13.5. The Morgan fingerprint density at radius 1 is 1.00 bits per heavy atom. The van der Waals surface area contributed by atoms with Crippen molar-refractivity contribution in [3.63, 3.8) is 0 Å². The molecular formula is C33H45N9O7. The van der Waals surface area contributed by atoms with E-state index in [2.05, 4.69) is 36.6 Å². The molecule has 264 valence electrons. The lowest BCUT2D eigenvalue weighted by Crippen LogP contribution is -2.52. The van der Waals surface area contributed by atoms with Crippen LogP contribution in [0.2, 0.25) is 0 Å². The number of H-pyrrole nitrogens is 1. The molecule has 1 fully saturated rings. The van der Waals surface area contributed by atoms with E-state index in [0.29, 0.717) is 49.4 Å². The smallest absolute Gasteiger partial charge is 0.246 e. The highest BCUT2D eigenvalue weighted by molar-refractivity contribution is 5.97. The van der Waals surface area contributed by atoms with Crippen LogP contribution in [0.25, 0.3) is 0 Å². The summed E-state index contributed by atoms with van der Waals surface area (Å²) in [5, 5.41) is 13.9. The van der Waals surface area contributed by atoms with Gasteiger partial charge in [-0.25, -0.2) is 4.98 Å². The Kier molecular flexibility index (Phi) is 14.3. The molecule has 1 aromatic carbocycles. The summed E-state index contributed by atoms with van der Waals surface area (Å²) in [6.45, 7) is 1.79. The van der Waals surface area contributed by atoms with E-state index >= 15 is 0 Å². The molecule has 4 rings (SSSR count). The molecule has 2 aromatic rings. The molecule has 0 saturated carbocycles. The number of rotatable bonds is 8. The van der Waals surface area contributed by atoms with Gasteiger partial charge < -0.3 is 46.9 Å². The molecule has 2 bridgehead atoms. The van der Waals surface area contributed by atoms with Gasteiger partial charge >= 0.3 is 0 Å². The summed E-state index contributed by atoms with van der Waals surface area (Å²) in [6, 6.07) is 5.17. The predicted octanol–water partition coefficient (Wildman–Crippen LogP) is -1.81. The lowest BCUT2D eigenvalue weighted by Gasteiger charge is -2.32. The van der Waals surface area contributed by atoms with Gasteiger partial charge in [-0.15, -0.1) is 0 Å². The first-order valence-corrected chi connectivity index (χ1v) is 16.4. The molecule has 0 aliphatic carbocycles. The molecule has 1 saturated heterocycles. The third kappa shape index (κ3) is 11.8. The van der Waals surface area contributed by atoms with Crippen molar-refractivity contribution in [3.8, 4) is 0 Å². The van der Waals surface area contributed by atoms with Crippen LogP contribution in [0.3, 0.4) is 0 Å². The van der Waals surface area contributed by atoms with E-state index < -0.39 is 47.5 Å². The van der Waals surface area contributed by atoms with Crippen molar-refractivity contribution in [2.45, 2.75) is 50.7 Å². The zero-order valence-corrected chi connectivity index (χ0v) is 27.4. The average molecular weight is 680 g/mol. The van der Waals surface area contributed by atoms with E-state index in [1.807, 2.05) is 0 Å². The normalized spacial score (nSPS) is 22.3. The fraction of sp³-hybridized carbons (Fsp3) is 0.485. The number of benzene rings is 1. The number of nitrogens with two attached hydrogens (primary N) is 1. The van der Waals surface area contributed by atoms with Gasteiger partial charge in [0.1, 0.15) is 12.1 Å². The molecule has 2 aliphatic heterocycles. The predicted molar refractivity (Wildman–Crippen MR) is 177 cm³/mol. The summed E-state index contributed by atoms with van der Waals surface area (Å²) in [5.74, 6) is -3.23. The number of fused-ring (bicyclic) bond motifs is 3. The SMILES string of the molecule is NCCOCCNC(=O)[C@@H]1CCNC(=O)/C=C/C(=O)N2CCC[C@H](C2)C(=O)N[C@@H](Cc2cnc[nH]2)C(=O)NCc2ccccc2CC(=O)N1. The van der Waals surface area contributed by atoms with Crippen molar-refractivity contribution in [1.29, 1.82) is 0 Å². The van der Waals surface area contributed by atoms with Gasteiger partial charge in [0.2, 0.25) is 35.4 Å². The number of hydrogen-bond acceptors (Lipinski definition) is 9. The lowest BCUT2D eigenvalue weighted by atomic mass is 9.96. The standard InChI is InChI=1S/C33H45N9O7/c34-10-14-49-15-12-37-32(47)26-9-11-36-28(43)7-8-30(45)42-13-3-6-24(20-42)31(46)41-27(17-25-19-35-21-39-25)33(48)38-18-23-5-2-1-4-22(23)16-29(44)40-26/h1-2,4-5,7-8,19,21,24,26-27H,3,6,9-18,20,34H2,(H,35,39)(H,36,43)(H,37,47)(H,38,48)(H,40,44)(H,41,46)/b8-7+/t24-,26+,27+/m1/s1. The molecule has 0 unspecified atom stereocenters. The zero-order valence-electron chi connectivity index (χ0n) is 27.4. The molecule has 16 nitrogen and oxygen atoms in total. The average Bonchev–Trinajstić information content (AvgIpc) is 3.62. The van der Waals surface area contributed by atoms with Gasteiger partial charge in [0.15, 0.2) is 0 Å². The van der Waals surface area contributed by atoms with Gasteiger partial charge in [-0.05, 0) is 30.4 Å². The number of hydrogen-bond donors (Lipinski definition) is 7. The van der Waals surface area contributed by atoms with Crippen LogP contribution in [0.5, 0.6) is 0 Å². The monoisotopic (exact) mass is 679 g/mol. The molecule has 49 heavy (non-hydrogen) atoms. The second-order valence-corrected chi connectivity index (χ2v) is 11.9. The van der Waals surface area contributed by atoms with E-state index in [4.69, 9.17) is 10.5 Å². The van der Waals surface area contributed by atoms with Crippen LogP contribution < -0.4 is 32.3 Å². The number of piperidine rings is 1. The zero-order chi connectivity index (χ0) is 35.0. The Morgan fingerprint density at radius 3 is 2.59 bits per heavy atom.